The van der Waals surface area contributed by atoms with E-state index in [1.54, 1.807) is 30.3 Å². The van der Waals surface area contributed by atoms with E-state index in [0.717, 1.165) is 32.3 Å². The first kappa shape index (κ1) is 19.9. The number of benzene rings is 2. The second-order valence-corrected chi connectivity index (χ2v) is 7.51. The number of ether oxygens (including phenoxy) is 1. The van der Waals surface area contributed by atoms with Crippen molar-refractivity contribution in [3.63, 3.8) is 0 Å². The molecular weight excluding hydrogens is 396 g/mol. The first-order valence-electron chi connectivity index (χ1n) is 8.51. The molecule has 1 aromatic heterocycles. The summed E-state index contributed by atoms with van der Waals surface area (Å²) in [6, 6.07) is 14.4. The number of halogens is 1. The van der Waals surface area contributed by atoms with Gasteiger partial charge in [-0.2, -0.15) is 0 Å². The molecule has 0 aliphatic carbocycles. The van der Waals surface area contributed by atoms with Crippen LogP contribution in [0.5, 0.6) is 5.75 Å². The van der Waals surface area contributed by atoms with Gasteiger partial charge in [-0.25, -0.2) is 4.79 Å². The van der Waals surface area contributed by atoms with Crippen molar-refractivity contribution in [2.24, 2.45) is 10.9 Å². The highest BCUT2D eigenvalue weighted by molar-refractivity contribution is 7.12. The van der Waals surface area contributed by atoms with Crippen LogP contribution in [0.1, 0.15) is 31.9 Å². The van der Waals surface area contributed by atoms with Crippen molar-refractivity contribution >= 4 is 34.7 Å². The zero-order valence-corrected chi connectivity index (χ0v) is 17.0. The standard InChI is InChI=1S/C21H19ClN2O3S/c1-13-10-17(11-14(2)19(13)22)26-12-15-5-7-16(8-6-15)21(25)27-24-20(23)18-4-3-9-28-18/h3-11H,12H2,1-2H3,(H2,23,24). The number of carbonyl (C=O) groups excluding carboxylic acids is 1. The molecule has 0 aliphatic heterocycles. The summed E-state index contributed by atoms with van der Waals surface area (Å²) in [5.74, 6) is 0.346. The van der Waals surface area contributed by atoms with Crippen LogP contribution < -0.4 is 10.5 Å². The lowest BCUT2D eigenvalue weighted by Crippen LogP contribution is -2.13. The molecule has 0 unspecified atom stereocenters. The quantitative estimate of drug-likeness (QED) is 0.264. The molecule has 5 nitrogen and oxygen atoms in total. The van der Waals surface area contributed by atoms with Crippen LogP contribution in [0.25, 0.3) is 0 Å². The van der Waals surface area contributed by atoms with Crippen LogP contribution in [-0.2, 0) is 11.4 Å². The van der Waals surface area contributed by atoms with Gasteiger partial charge in [-0.1, -0.05) is 35.0 Å². The maximum atomic E-state index is 12.1. The Balaban J connectivity index is 1.58. The molecule has 3 rings (SSSR count). The minimum absolute atomic E-state index is 0.168. The van der Waals surface area contributed by atoms with Crippen LogP contribution in [0.4, 0.5) is 0 Å². The molecule has 0 fully saturated rings. The second-order valence-electron chi connectivity index (χ2n) is 6.19. The van der Waals surface area contributed by atoms with E-state index in [1.807, 2.05) is 37.4 Å². The van der Waals surface area contributed by atoms with Crippen molar-refractivity contribution in [1.82, 2.24) is 0 Å². The lowest BCUT2D eigenvalue weighted by atomic mass is 10.1. The summed E-state index contributed by atoms with van der Waals surface area (Å²) >= 11 is 7.59. The largest absolute Gasteiger partial charge is 0.489 e. The van der Waals surface area contributed by atoms with Crippen LogP contribution in [0.2, 0.25) is 5.02 Å². The highest BCUT2D eigenvalue weighted by Crippen LogP contribution is 2.26. The number of nitrogens with zero attached hydrogens (tertiary/aromatic N) is 1. The zero-order chi connectivity index (χ0) is 20.1. The third-order valence-corrected chi connectivity index (χ3v) is 5.49. The number of carbonyl (C=O) groups is 1. The van der Waals surface area contributed by atoms with Crippen molar-refractivity contribution < 1.29 is 14.4 Å². The summed E-state index contributed by atoms with van der Waals surface area (Å²) in [7, 11) is 0. The molecule has 7 heteroatoms. The van der Waals surface area contributed by atoms with Gasteiger partial charge in [0.25, 0.3) is 0 Å². The molecular formula is C21H19ClN2O3S. The second kappa shape index (κ2) is 8.91. The van der Waals surface area contributed by atoms with Gasteiger partial charge < -0.3 is 15.3 Å². The molecule has 2 aromatic carbocycles. The van der Waals surface area contributed by atoms with Crippen LogP contribution in [0.15, 0.2) is 59.1 Å². The Labute approximate surface area is 172 Å². The number of thiophene rings is 1. The number of rotatable bonds is 6. The minimum atomic E-state index is -0.573. The Morgan fingerprint density at radius 1 is 1.14 bits per heavy atom. The number of nitrogens with two attached hydrogens (primary N) is 1. The number of oxime groups is 1. The van der Waals surface area contributed by atoms with E-state index >= 15 is 0 Å². The highest BCUT2D eigenvalue weighted by Gasteiger charge is 2.09. The molecule has 3 aromatic rings. The van der Waals surface area contributed by atoms with Gasteiger partial charge in [-0.15, -0.1) is 11.3 Å². The first-order valence-corrected chi connectivity index (χ1v) is 9.77. The summed E-state index contributed by atoms with van der Waals surface area (Å²) in [4.78, 5) is 17.7. The van der Waals surface area contributed by atoms with Gasteiger partial charge in [0.15, 0.2) is 5.84 Å². The Bertz CT molecular complexity index is 976. The number of amidine groups is 1. The normalized spacial score (nSPS) is 11.3. The van der Waals surface area contributed by atoms with Crippen LogP contribution >= 0.6 is 22.9 Å². The maximum absolute atomic E-state index is 12.1. The Morgan fingerprint density at radius 2 is 1.82 bits per heavy atom. The predicted molar refractivity (Wildman–Crippen MR) is 112 cm³/mol. The molecule has 0 atom stereocenters. The fraction of sp³-hybridized carbons (Fsp3) is 0.143. The van der Waals surface area contributed by atoms with E-state index < -0.39 is 5.97 Å². The lowest BCUT2D eigenvalue weighted by molar-refractivity contribution is 0.0516. The van der Waals surface area contributed by atoms with Crippen molar-refractivity contribution in [2.45, 2.75) is 20.5 Å². The molecule has 0 aliphatic rings. The molecule has 0 saturated heterocycles. The topological polar surface area (TPSA) is 73.9 Å². The predicted octanol–water partition coefficient (Wildman–Crippen LogP) is 5.07. The molecule has 0 bridgehead atoms. The number of hydrogen-bond acceptors (Lipinski definition) is 5. The minimum Gasteiger partial charge on any atom is -0.489 e. The van der Waals surface area contributed by atoms with E-state index in [2.05, 4.69) is 5.16 Å². The summed E-state index contributed by atoms with van der Waals surface area (Å²) in [5.41, 5.74) is 9.01. The molecule has 0 amide bonds. The molecule has 0 radical (unpaired) electrons. The van der Waals surface area contributed by atoms with Crippen LogP contribution in [0.3, 0.4) is 0 Å². The van der Waals surface area contributed by atoms with Gasteiger partial charge >= 0.3 is 5.97 Å². The third kappa shape index (κ3) is 4.91. The average Bonchev–Trinajstić information content (AvgIpc) is 3.23. The molecule has 28 heavy (non-hydrogen) atoms. The van der Waals surface area contributed by atoms with E-state index in [1.165, 1.54) is 11.3 Å². The third-order valence-electron chi connectivity index (χ3n) is 4.01. The van der Waals surface area contributed by atoms with Crippen LogP contribution in [-0.4, -0.2) is 11.8 Å². The smallest absolute Gasteiger partial charge is 0.365 e. The van der Waals surface area contributed by atoms with Crippen molar-refractivity contribution in [3.05, 3.63) is 86.1 Å². The fourth-order valence-corrected chi connectivity index (χ4v) is 3.23. The van der Waals surface area contributed by atoms with Gasteiger partial charge in [-0.3, -0.25) is 0 Å². The summed E-state index contributed by atoms with van der Waals surface area (Å²) in [5, 5.41) is 6.30. The lowest BCUT2D eigenvalue weighted by Gasteiger charge is -2.10. The van der Waals surface area contributed by atoms with Crippen molar-refractivity contribution in [3.8, 4) is 5.75 Å². The summed E-state index contributed by atoms with van der Waals surface area (Å²) in [6.45, 7) is 4.26. The SMILES string of the molecule is Cc1cc(OCc2ccc(C(=O)O/N=C(\N)c3cccs3)cc2)cc(C)c1Cl. The van der Waals surface area contributed by atoms with Gasteiger partial charge in [0.05, 0.1) is 10.4 Å². The van der Waals surface area contributed by atoms with Gasteiger partial charge in [0.2, 0.25) is 0 Å². The molecule has 0 saturated carbocycles. The van der Waals surface area contributed by atoms with Gasteiger partial charge in [0.1, 0.15) is 12.4 Å². The number of aryl methyl sites for hydroxylation is 2. The van der Waals surface area contributed by atoms with E-state index in [9.17, 15) is 4.79 Å². The monoisotopic (exact) mass is 414 g/mol. The van der Waals surface area contributed by atoms with Gasteiger partial charge in [0, 0.05) is 5.02 Å². The molecule has 144 valence electrons. The number of hydrogen-bond donors (Lipinski definition) is 1. The first-order chi connectivity index (χ1) is 13.4. The molecule has 0 spiro atoms. The van der Waals surface area contributed by atoms with Crippen LogP contribution in [0, 0.1) is 13.8 Å². The average molecular weight is 415 g/mol. The summed E-state index contributed by atoms with van der Waals surface area (Å²) in [6.07, 6.45) is 0. The summed E-state index contributed by atoms with van der Waals surface area (Å²) < 4.78 is 5.82. The molecule has 2 N–H and O–H groups in total. The van der Waals surface area contributed by atoms with E-state index in [-0.39, 0.29) is 5.84 Å². The van der Waals surface area contributed by atoms with E-state index in [0.29, 0.717) is 12.2 Å². The van der Waals surface area contributed by atoms with Gasteiger partial charge in [-0.05, 0) is 66.2 Å². The fourth-order valence-electron chi connectivity index (χ4n) is 2.51. The Morgan fingerprint density at radius 3 is 2.43 bits per heavy atom. The van der Waals surface area contributed by atoms with E-state index in [4.69, 9.17) is 26.9 Å². The van der Waals surface area contributed by atoms with Crippen molar-refractivity contribution in [1.29, 1.82) is 0 Å². The zero-order valence-electron chi connectivity index (χ0n) is 15.4. The van der Waals surface area contributed by atoms with Crippen molar-refractivity contribution in [2.75, 3.05) is 0 Å². The molecule has 1 heterocycles. The highest BCUT2D eigenvalue weighted by atomic mass is 35.5. The maximum Gasteiger partial charge on any atom is 0.365 e. The Hall–Kier alpha value is -2.83. The Kier molecular flexibility index (Phi) is 6.34.